The minimum absolute atomic E-state index is 0.0698. The molecule has 0 bridgehead atoms. The third-order valence-corrected chi connectivity index (χ3v) is 6.70. The summed E-state index contributed by atoms with van der Waals surface area (Å²) in [6.45, 7) is 0.885. The molecular formula is C20H24ClN3O4S. The number of para-hydroxylation sites is 1. The highest BCUT2D eigenvalue weighted by atomic mass is 35.5. The number of fused-ring (bicyclic) bond motifs is 1. The van der Waals surface area contributed by atoms with Crippen molar-refractivity contribution in [1.82, 2.24) is 5.32 Å². The van der Waals surface area contributed by atoms with Gasteiger partial charge < -0.3 is 15.4 Å². The molecule has 0 radical (unpaired) electrons. The molecule has 156 valence electrons. The van der Waals surface area contributed by atoms with E-state index in [2.05, 4.69) is 10.6 Å². The molecule has 1 aliphatic rings. The Kier molecular flexibility index (Phi) is 6.87. The van der Waals surface area contributed by atoms with Crippen molar-refractivity contribution in [2.45, 2.75) is 12.8 Å². The van der Waals surface area contributed by atoms with Crippen molar-refractivity contribution in [2.75, 3.05) is 42.1 Å². The lowest BCUT2D eigenvalue weighted by molar-refractivity contribution is -0.120. The van der Waals surface area contributed by atoms with Crippen LogP contribution in [0.1, 0.15) is 12.0 Å². The predicted octanol–water partition coefficient (Wildman–Crippen LogP) is 2.66. The van der Waals surface area contributed by atoms with Crippen molar-refractivity contribution in [3.63, 3.8) is 0 Å². The first-order chi connectivity index (χ1) is 13.9. The number of benzene rings is 2. The van der Waals surface area contributed by atoms with Gasteiger partial charge in [0.25, 0.3) is 0 Å². The zero-order chi connectivity index (χ0) is 20.9. The molecule has 0 spiro atoms. The number of nitrogens with zero attached hydrogens (tertiary/aromatic N) is 1. The van der Waals surface area contributed by atoms with Gasteiger partial charge in [-0.3, -0.25) is 9.10 Å². The fourth-order valence-electron chi connectivity index (χ4n) is 3.24. The third kappa shape index (κ3) is 5.33. The maximum absolute atomic E-state index is 12.6. The Labute approximate surface area is 176 Å². The van der Waals surface area contributed by atoms with Crippen LogP contribution in [0.2, 0.25) is 5.02 Å². The second-order valence-corrected chi connectivity index (χ2v) is 9.09. The molecule has 1 heterocycles. The Morgan fingerprint density at radius 1 is 1.21 bits per heavy atom. The smallest absolute Gasteiger partial charge is 0.236 e. The molecule has 2 aromatic carbocycles. The first-order valence-electron chi connectivity index (χ1n) is 9.33. The summed E-state index contributed by atoms with van der Waals surface area (Å²) in [5, 5.41) is 6.33. The Balaban J connectivity index is 1.44. The second-order valence-electron chi connectivity index (χ2n) is 6.64. The molecule has 0 atom stereocenters. The summed E-state index contributed by atoms with van der Waals surface area (Å²) in [7, 11) is -1.92. The average Bonchev–Trinajstić information content (AvgIpc) is 3.13. The Hall–Kier alpha value is -2.45. The first-order valence-corrected chi connectivity index (χ1v) is 11.3. The van der Waals surface area contributed by atoms with E-state index in [0.29, 0.717) is 36.0 Å². The quantitative estimate of drug-likeness (QED) is 0.629. The second kappa shape index (κ2) is 9.37. The van der Waals surface area contributed by atoms with Crippen LogP contribution in [-0.4, -0.2) is 46.8 Å². The SMILES string of the molecule is COc1ccc(Cl)cc1NCCC(=O)NCCS(=O)(=O)N1CCc2ccccc21. The summed E-state index contributed by atoms with van der Waals surface area (Å²) >= 11 is 5.98. The van der Waals surface area contributed by atoms with Crippen LogP contribution < -0.4 is 19.7 Å². The molecule has 2 aromatic rings. The van der Waals surface area contributed by atoms with Crippen molar-refractivity contribution in [2.24, 2.45) is 0 Å². The summed E-state index contributed by atoms with van der Waals surface area (Å²) < 4.78 is 31.9. The van der Waals surface area contributed by atoms with Crippen molar-refractivity contribution < 1.29 is 17.9 Å². The van der Waals surface area contributed by atoms with Crippen LogP contribution in [-0.2, 0) is 21.2 Å². The fourth-order valence-corrected chi connectivity index (χ4v) is 4.84. The maximum atomic E-state index is 12.6. The summed E-state index contributed by atoms with van der Waals surface area (Å²) in [6.07, 6.45) is 0.905. The molecule has 0 aliphatic carbocycles. The molecule has 1 amide bonds. The fraction of sp³-hybridized carbons (Fsp3) is 0.350. The molecule has 29 heavy (non-hydrogen) atoms. The number of rotatable bonds is 9. The van der Waals surface area contributed by atoms with Gasteiger partial charge in [-0.1, -0.05) is 29.8 Å². The van der Waals surface area contributed by atoms with Gasteiger partial charge in [0.15, 0.2) is 0 Å². The number of sulfonamides is 1. The molecule has 7 nitrogen and oxygen atoms in total. The number of carbonyl (C=O) groups excluding carboxylic acids is 1. The van der Waals surface area contributed by atoms with Crippen molar-refractivity contribution >= 4 is 38.9 Å². The topological polar surface area (TPSA) is 87.7 Å². The van der Waals surface area contributed by atoms with E-state index in [1.165, 1.54) is 4.31 Å². The summed E-state index contributed by atoms with van der Waals surface area (Å²) in [5.41, 5.74) is 2.46. The van der Waals surface area contributed by atoms with Gasteiger partial charge in [0, 0.05) is 31.1 Å². The Morgan fingerprint density at radius 2 is 2.00 bits per heavy atom. The van der Waals surface area contributed by atoms with Crippen LogP contribution >= 0.6 is 11.6 Å². The van der Waals surface area contributed by atoms with Gasteiger partial charge in [0.05, 0.1) is 24.2 Å². The molecule has 3 rings (SSSR count). The number of nitrogens with one attached hydrogen (secondary N) is 2. The molecule has 0 unspecified atom stereocenters. The zero-order valence-corrected chi connectivity index (χ0v) is 17.7. The van der Waals surface area contributed by atoms with E-state index >= 15 is 0 Å². The molecule has 1 aliphatic heterocycles. The minimum atomic E-state index is -3.47. The predicted molar refractivity (Wildman–Crippen MR) is 115 cm³/mol. The number of halogens is 1. The normalized spacial score (nSPS) is 13.1. The largest absolute Gasteiger partial charge is 0.495 e. The summed E-state index contributed by atoms with van der Waals surface area (Å²) in [4.78, 5) is 12.0. The van der Waals surface area contributed by atoms with Gasteiger partial charge in [-0.15, -0.1) is 0 Å². The van der Waals surface area contributed by atoms with E-state index in [4.69, 9.17) is 16.3 Å². The van der Waals surface area contributed by atoms with E-state index < -0.39 is 10.0 Å². The summed E-state index contributed by atoms with van der Waals surface area (Å²) in [5.74, 6) is 0.269. The van der Waals surface area contributed by atoms with Crippen LogP contribution in [0.5, 0.6) is 5.75 Å². The lowest BCUT2D eigenvalue weighted by Crippen LogP contribution is -2.37. The highest BCUT2D eigenvalue weighted by molar-refractivity contribution is 7.92. The van der Waals surface area contributed by atoms with Crippen LogP contribution in [0.4, 0.5) is 11.4 Å². The zero-order valence-electron chi connectivity index (χ0n) is 16.2. The van der Waals surface area contributed by atoms with Crippen molar-refractivity contribution in [3.05, 3.63) is 53.1 Å². The standard InChI is InChI=1S/C20H24ClN3O4S/c1-28-19-7-6-16(21)14-17(19)22-10-8-20(25)23-11-13-29(26,27)24-12-9-15-4-2-3-5-18(15)24/h2-7,14,22H,8-13H2,1H3,(H,23,25). The molecule has 9 heteroatoms. The van der Waals surface area contributed by atoms with Gasteiger partial charge >= 0.3 is 0 Å². The van der Waals surface area contributed by atoms with Crippen molar-refractivity contribution in [3.8, 4) is 5.75 Å². The van der Waals surface area contributed by atoms with Gasteiger partial charge in [-0.2, -0.15) is 0 Å². The van der Waals surface area contributed by atoms with Crippen LogP contribution in [0, 0.1) is 0 Å². The highest BCUT2D eigenvalue weighted by Crippen LogP contribution is 2.30. The highest BCUT2D eigenvalue weighted by Gasteiger charge is 2.28. The molecule has 0 saturated heterocycles. The van der Waals surface area contributed by atoms with Crippen molar-refractivity contribution in [1.29, 1.82) is 0 Å². The molecule has 0 saturated carbocycles. The lowest BCUT2D eigenvalue weighted by Gasteiger charge is -2.19. The number of hydrogen-bond donors (Lipinski definition) is 2. The minimum Gasteiger partial charge on any atom is -0.495 e. The Bertz CT molecular complexity index is 981. The van der Waals surface area contributed by atoms with Gasteiger partial charge in [-0.05, 0) is 36.2 Å². The van der Waals surface area contributed by atoms with Crippen LogP contribution in [0.3, 0.4) is 0 Å². The molecule has 0 fully saturated rings. The summed E-state index contributed by atoms with van der Waals surface area (Å²) in [6, 6.07) is 12.7. The molecule has 0 aromatic heterocycles. The number of ether oxygens (including phenoxy) is 1. The van der Waals surface area contributed by atoms with Crippen LogP contribution in [0.15, 0.2) is 42.5 Å². The van der Waals surface area contributed by atoms with E-state index in [0.717, 1.165) is 11.3 Å². The van der Waals surface area contributed by atoms with E-state index in [9.17, 15) is 13.2 Å². The first kappa shape index (κ1) is 21.3. The monoisotopic (exact) mass is 437 g/mol. The van der Waals surface area contributed by atoms with Gasteiger partial charge in [0.1, 0.15) is 5.75 Å². The number of carbonyl (C=O) groups is 1. The molecule has 2 N–H and O–H groups in total. The maximum Gasteiger partial charge on any atom is 0.236 e. The number of amides is 1. The van der Waals surface area contributed by atoms with Gasteiger partial charge in [-0.25, -0.2) is 8.42 Å². The Morgan fingerprint density at radius 3 is 2.79 bits per heavy atom. The number of anilines is 2. The van der Waals surface area contributed by atoms with E-state index in [-0.39, 0.29) is 24.6 Å². The number of hydrogen-bond acceptors (Lipinski definition) is 5. The van der Waals surface area contributed by atoms with Gasteiger partial charge in [0.2, 0.25) is 15.9 Å². The molecular weight excluding hydrogens is 414 g/mol. The van der Waals surface area contributed by atoms with E-state index in [1.54, 1.807) is 25.3 Å². The van der Waals surface area contributed by atoms with Crippen LogP contribution in [0.25, 0.3) is 0 Å². The lowest BCUT2D eigenvalue weighted by atomic mass is 10.2. The number of methoxy groups -OCH3 is 1. The average molecular weight is 438 g/mol. The van der Waals surface area contributed by atoms with E-state index in [1.807, 2.05) is 24.3 Å². The third-order valence-electron chi connectivity index (χ3n) is 4.69.